The van der Waals surface area contributed by atoms with Crippen molar-refractivity contribution in [2.24, 2.45) is 11.8 Å². The molecular formula is C15H21Cl2NO. The van der Waals surface area contributed by atoms with E-state index < -0.39 is 0 Å². The van der Waals surface area contributed by atoms with E-state index in [1.807, 2.05) is 18.2 Å². The molecule has 1 aromatic carbocycles. The maximum Gasteiger partial charge on any atom is 0.0880 e. The molecule has 1 N–H and O–H groups in total. The average Bonchev–Trinajstić information content (AvgIpc) is 2.80. The van der Waals surface area contributed by atoms with Crippen LogP contribution in [0.15, 0.2) is 18.2 Å². The van der Waals surface area contributed by atoms with Gasteiger partial charge in [0, 0.05) is 24.6 Å². The summed E-state index contributed by atoms with van der Waals surface area (Å²) in [6.07, 6.45) is 1.13. The third-order valence-electron chi connectivity index (χ3n) is 3.46. The van der Waals surface area contributed by atoms with Crippen molar-refractivity contribution < 1.29 is 4.74 Å². The van der Waals surface area contributed by atoms with Crippen LogP contribution < -0.4 is 5.32 Å². The van der Waals surface area contributed by atoms with E-state index >= 15 is 0 Å². The molecule has 0 aliphatic carbocycles. The first-order chi connectivity index (χ1) is 9.09. The standard InChI is InChI=1S/C15H21Cl2NO/c1-10(2)8-18-9-11-6-7-19-15(11)12-4-3-5-13(16)14(12)17/h3-5,10-11,15,18H,6-9H2,1-2H3. The molecule has 0 radical (unpaired) electrons. The molecule has 19 heavy (non-hydrogen) atoms. The lowest BCUT2D eigenvalue weighted by molar-refractivity contribution is 0.0904. The molecule has 0 aromatic heterocycles. The Balaban J connectivity index is 2.04. The molecule has 2 unspecified atom stereocenters. The summed E-state index contributed by atoms with van der Waals surface area (Å²) in [5.41, 5.74) is 1.02. The Bertz CT molecular complexity index is 423. The monoisotopic (exact) mass is 301 g/mol. The third-order valence-corrected chi connectivity index (χ3v) is 4.29. The van der Waals surface area contributed by atoms with Crippen molar-refractivity contribution in [3.63, 3.8) is 0 Å². The second-order valence-corrected chi connectivity index (χ2v) is 6.32. The fourth-order valence-corrected chi connectivity index (χ4v) is 2.90. The molecule has 106 valence electrons. The van der Waals surface area contributed by atoms with Crippen LogP contribution in [0.25, 0.3) is 0 Å². The highest BCUT2D eigenvalue weighted by atomic mass is 35.5. The van der Waals surface area contributed by atoms with Crippen LogP contribution in [0.4, 0.5) is 0 Å². The van der Waals surface area contributed by atoms with Gasteiger partial charge in [-0.25, -0.2) is 0 Å². The van der Waals surface area contributed by atoms with Crippen LogP contribution in [-0.4, -0.2) is 19.7 Å². The largest absolute Gasteiger partial charge is 0.373 e. The van der Waals surface area contributed by atoms with Crippen LogP contribution in [0.5, 0.6) is 0 Å². The molecular weight excluding hydrogens is 281 g/mol. The predicted molar refractivity (Wildman–Crippen MR) is 81.0 cm³/mol. The van der Waals surface area contributed by atoms with Crippen LogP contribution in [0, 0.1) is 11.8 Å². The number of rotatable bonds is 5. The Morgan fingerprint density at radius 1 is 1.37 bits per heavy atom. The van der Waals surface area contributed by atoms with Crippen LogP contribution in [0.3, 0.4) is 0 Å². The van der Waals surface area contributed by atoms with Crippen LogP contribution in [0.2, 0.25) is 10.0 Å². The van der Waals surface area contributed by atoms with Gasteiger partial charge in [-0.05, 0) is 24.9 Å². The molecule has 2 atom stereocenters. The maximum atomic E-state index is 6.29. The van der Waals surface area contributed by atoms with Gasteiger partial charge in [-0.15, -0.1) is 0 Å². The Hall–Kier alpha value is -0.280. The average molecular weight is 302 g/mol. The molecule has 2 nitrogen and oxygen atoms in total. The van der Waals surface area contributed by atoms with Gasteiger partial charge in [-0.3, -0.25) is 0 Å². The predicted octanol–water partition coefficient (Wildman–Crippen LogP) is 4.32. The lowest BCUT2D eigenvalue weighted by atomic mass is 9.95. The first-order valence-electron chi connectivity index (χ1n) is 6.85. The number of ether oxygens (including phenoxy) is 1. The van der Waals surface area contributed by atoms with Gasteiger partial charge in [0.05, 0.1) is 16.1 Å². The van der Waals surface area contributed by atoms with Gasteiger partial charge < -0.3 is 10.1 Å². The number of nitrogens with one attached hydrogen (secondary N) is 1. The summed E-state index contributed by atoms with van der Waals surface area (Å²) in [5.74, 6) is 1.13. The minimum absolute atomic E-state index is 0.0610. The topological polar surface area (TPSA) is 21.3 Å². The van der Waals surface area contributed by atoms with Gasteiger partial charge in [0.25, 0.3) is 0 Å². The van der Waals surface area contributed by atoms with Gasteiger partial charge in [-0.1, -0.05) is 49.2 Å². The van der Waals surface area contributed by atoms with Crippen LogP contribution in [-0.2, 0) is 4.74 Å². The van der Waals surface area contributed by atoms with Crippen LogP contribution in [0.1, 0.15) is 31.9 Å². The molecule has 0 saturated carbocycles. The fourth-order valence-electron chi connectivity index (χ4n) is 2.48. The van der Waals surface area contributed by atoms with Gasteiger partial charge in [0.15, 0.2) is 0 Å². The second-order valence-electron chi connectivity index (χ2n) is 5.54. The van der Waals surface area contributed by atoms with Crippen molar-refractivity contribution in [2.45, 2.75) is 26.4 Å². The van der Waals surface area contributed by atoms with Crippen molar-refractivity contribution in [3.05, 3.63) is 33.8 Å². The molecule has 4 heteroatoms. The molecule has 1 heterocycles. The molecule has 1 aliphatic rings. The number of halogens is 2. The van der Waals surface area contributed by atoms with Crippen molar-refractivity contribution in [2.75, 3.05) is 19.7 Å². The molecule has 0 bridgehead atoms. The van der Waals surface area contributed by atoms with Crippen molar-refractivity contribution in [3.8, 4) is 0 Å². The number of benzene rings is 1. The Kier molecular flexibility index (Phi) is 5.52. The summed E-state index contributed by atoms with van der Waals surface area (Å²) < 4.78 is 5.86. The Labute approximate surface area is 125 Å². The smallest absolute Gasteiger partial charge is 0.0880 e. The van der Waals surface area contributed by atoms with Crippen molar-refractivity contribution in [1.29, 1.82) is 0 Å². The van der Waals surface area contributed by atoms with Crippen molar-refractivity contribution >= 4 is 23.2 Å². The zero-order chi connectivity index (χ0) is 13.8. The Morgan fingerprint density at radius 3 is 2.89 bits per heavy atom. The van der Waals surface area contributed by atoms with E-state index in [4.69, 9.17) is 27.9 Å². The zero-order valence-corrected chi connectivity index (χ0v) is 13.0. The summed E-state index contributed by atoms with van der Waals surface area (Å²) in [4.78, 5) is 0. The zero-order valence-electron chi connectivity index (χ0n) is 11.5. The van der Waals surface area contributed by atoms with Crippen LogP contribution >= 0.6 is 23.2 Å². The van der Waals surface area contributed by atoms with E-state index in [0.29, 0.717) is 21.9 Å². The first-order valence-corrected chi connectivity index (χ1v) is 7.61. The Morgan fingerprint density at radius 2 is 2.16 bits per heavy atom. The second kappa shape index (κ2) is 6.94. The fraction of sp³-hybridized carbons (Fsp3) is 0.600. The van der Waals surface area contributed by atoms with E-state index in [9.17, 15) is 0 Å². The summed E-state index contributed by atoms with van der Waals surface area (Å²) in [6.45, 7) is 7.21. The minimum Gasteiger partial charge on any atom is -0.373 e. The third kappa shape index (κ3) is 3.85. The molecule has 1 fully saturated rings. The highest BCUT2D eigenvalue weighted by molar-refractivity contribution is 6.42. The molecule has 1 saturated heterocycles. The SMILES string of the molecule is CC(C)CNCC1CCOC1c1cccc(Cl)c1Cl. The first kappa shape index (κ1) is 15.1. The van der Waals surface area contributed by atoms with Gasteiger partial charge in [-0.2, -0.15) is 0 Å². The number of hydrogen-bond donors (Lipinski definition) is 1. The van der Waals surface area contributed by atoms with Gasteiger partial charge >= 0.3 is 0 Å². The summed E-state index contributed by atoms with van der Waals surface area (Å²) in [5, 5.41) is 4.73. The summed E-state index contributed by atoms with van der Waals surface area (Å²) in [6, 6.07) is 5.76. The highest BCUT2D eigenvalue weighted by Gasteiger charge is 2.31. The van der Waals surface area contributed by atoms with E-state index in [-0.39, 0.29) is 6.10 Å². The lowest BCUT2D eigenvalue weighted by Gasteiger charge is -2.21. The lowest BCUT2D eigenvalue weighted by Crippen LogP contribution is -2.28. The van der Waals surface area contributed by atoms with Crippen molar-refractivity contribution in [1.82, 2.24) is 5.32 Å². The molecule has 0 amide bonds. The minimum atomic E-state index is 0.0610. The molecule has 0 spiro atoms. The summed E-state index contributed by atoms with van der Waals surface area (Å²) in [7, 11) is 0. The normalized spacial score (nSPS) is 23.2. The van der Waals surface area contributed by atoms with E-state index in [1.165, 1.54) is 0 Å². The highest BCUT2D eigenvalue weighted by Crippen LogP contribution is 2.39. The van der Waals surface area contributed by atoms with E-state index in [2.05, 4.69) is 19.2 Å². The van der Waals surface area contributed by atoms with Gasteiger partial charge in [0.2, 0.25) is 0 Å². The quantitative estimate of drug-likeness (QED) is 0.874. The molecule has 1 aromatic rings. The molecule has 1 aliphatic heterocycles. The van der Waals surface area contributed by atoms with E-state index in [1.54, 1.807) is 0 Å². The summed E-state index contributed by atoms with van der Waals surface area (Å²) >= 11 is 12.4. The van der Waals surface area contributed by atoms with Gasteiger partial charge in [0.1, 0.15) is 0 Å². The molecule has 2 rings (SSSR count). The maximum absolute atomic E-state index is 6.29. The van der Waals surface area contributed by atoms with E-state index in [0.717, 1.165) is 31.7 Å². The number of hydrogen-bond acceptors (Lipinski definition) is 2.